The van der Waals surface area contributed by atoms with Crippen molar-refractivity contribution in [3.63, 3.8) is 0 Å². The van der Waals surface area contributed by atoms with Crippen molar-refractivity contribution in [1.29, 1.82) is 0 Å². The van der Waals surface area contributed by atoms with E-state index < -0.39 is 0 Å². The number of nitrogens with zero attached hydrogens (tertiary/aromatic N) is 1. The highest BCUT2D eigenvalue weighted by Gasteiger charge is 2.25. The number of rotatable bonds is 3. The average Bonchev–Trinajstić information content (AvgIpc) is 2.57. The largest absolute Gasteiger partial charge is 0.367 e. The Morgan fingerprint density at radius 2 is 2.00 bits per heavy atom. The van der Waals surface area contributed by atoms with Crippen LogP contribution in [0.15, 0.2) is 24.3 Å². The molecule has 0 aromatic heterocycles. The van der Waals surface area contributed by atoms with Crippen LogP contribution in [-0.2, 0) is 6.54 Å². The third-order valence-corrected chi connectivity index (χ3v) is 4.20. The van der Waals surface area contributed by atoms with Crippen LogP contribution in [0.4, 0.5) is 5.69 Å². The Balaban J connectivity index is 2.28. The lowest BCUT2D eigenvalue weighted by molar-refractivity contribution is 0.366. The maximum Gasteiger partial charge on any atom is 0.0414 e. The van der Waals surface area contributed by atoms with Gasteiger partial charge in [0.1, 0.15) is 0 Å². The van der Waals surface area contributed by atoms with Gasteiger partial charge >= 0.3 is 0 Å². The molecule has 1 aromatic rings. The quantitative estimate of drug-likeness (QED) is 0.879. The summed E-state index contributed by atoms with van der Waals surface area (Å²) in [5, 5.41) is 3.73. The molecule has 1 aliphatic heterocycles. The van der Waals surface area contributed by atoms with Crippen molar-refractivity contribution in [3.05, 3.63) is 29.8 Å². The molecule has 1 aliphatic rings. The minimum Gasteiger partial charge on any atom is -0.367 e. The summed E-state index contributed by atoms with van der Waals surface area (Å²) in [5.74, 6) is 0.723. The van der Waals surface area contributed by atoms with Gasteiger partial charge in [0.05, 0.1) is 0 Å². The van der Waals surface area contributed by atoms with Gasteiger partial charge in [0.2, 0.25) is 0 Å². The number of hydrogen-bond donors (Lipinski definition) is 1. The first-order valence-corrected chi connectivity index (χ1v) is 7.21. The summed E-state index contributed by atoms with van der Waals surface area (Å²) in [6.07, 6.45) is 1.24. The van der Waals surface area contributed by atoms with E-state index in [1.165, 1.54) is 17.7 Å². The molecular formula is C16H26N2. The number of para-hydroxylation sites is 1. The van der Waals surface area contributed by atoms with Crippen molar-refractivity contribution in [1.82, 2.24) is 5.32 Å². The molecule has 0 bridgehead atoms. The molecule has 0 amide bonds. The lowest BCUT2D eigenvalue weighted by atomic mass is 9.98. The molecule has 2 nitrogen and oxygen atoms in total. The summed E-state index contributed by atoms with van der Waals surface area (Å²) < 4.78 is 0. The first-order chi connectivity index (χ1) is 8.63. The Labute approximate surface area is 111 Å². The van der Waals surface area contributed by atoms with Crippen molar-refractivity contribution in [2.75, 3.05) is 11.4 Å². The third kappa shape index (κ3) is 2.69. The van der Waals surface area contributed by atoms with E-state index in [0.717, 1.165) is 19.0 Å². The average molecular weight is 246 g/mol. The molecule has 1 aromatic carbocycles. The first kappa shape index (κ1) is 13.4. The molecular weight excluding hydrogens is 220 g/mol. The Bertz CT molecular complexity index is 386. The van der Waals surface area contributed by atoms with Gasteiger partial charge in [-0.25, -0.2) is 0 Å². The minimum atomic E-state index is 0.553. The normalized spacial score (nSPS) is 21.6. The molecule has 2 rings (SSSR count). The van der Waals surface area contributed by atoms with Crippen molar-refractivity contribution >= 4 is 5.69 Å². The second kappa shape index (κ2) is 5.75. The molecule has 2 heteroatoms. The van der Waals surface area contributed by atoms with Gasteiger partial charge in [0.25, 0.3) is 0 Å². The van der Waals surface area contributed by atoms with Gasteiger partial charge in [-0.15, -0.1) is 0 Å². The third-order valence-electron chi connectivity index (χ3n) is 4.20. The molecule has 0 spiro atoms. The van der Waals surface area contributed by atoms with Gasteiger partial charge in [-0.1, -0.05) is 38.5 Å². The fourth-order valence-corrected chi connectivity index (χ4v) is 2.71. The molecule has 1 N–H and O–H groups in total. The first-order valence-electron chi connectivity index (χ1n) is 7.21. The van der Waals surface area contributed by atoms with Gasteiger partial charge < -0.3 is 10.2 Å². The monoisotopic (exact) mass is 246 g/mol. The fourth-order valence-electron chi connectivity index (χ4n) is 2.71. The van der Waals surface area contributed by atoms with E-state index in [1.807, 2.05) is 0 Å². The molecule has 0 aliphatic carbocycles. The molecule has 2 unspecified atom stereocenters. The van der Waals surface area contributed by atoms with Gasteiger partial charge in [-0.3, -0.25) is 0 Å². The Morgan fingerprint density at radius 3 is 2.67 bits per heavy atom. The molecule has 1 heterocycles. The SMILES string of the molecule is CCC(C)C1CN(C(C)C)c2ccccc2CN1. The topological polar surface area (TPSA) is 15.3 Å². The minimum absolute atomic E-state index is 0.553. The number of nitrogens with one attached hydrogen (secondary N) is 1. The van der Waals surface area contributed by atoms with Crippen LogP contribution in [-0.4, -0.2) is 18.6 Å². The predicted molar refractivity (Wildman–Crippen MR) is 79.0 cm³/mol. The number of hydrogen-bond acceptors (Lipinski definition) is 2. The van der Waals surface area contributed by atoms with E-state index in [2.05, 4.69) is 62.2 Å². The summed E-state index contributed by atoms with van der Waals surface area (Å²) in [4.78, 5) is 2.55. The highest BCUT2D eigenvalue weighted by atomic mass is 15.2. The standard InChI is InChI=1S/C16H26N2/c1-5-13(4)15-11-18(12(2)3)16-9-7-6-8-14(16)10-17-15/h6-9,12-13,15,17H,5,10-11H2,1-4H3. The zero-order chi connectivity index (χ0) is 13.1. The fraction of sp³-hybridized carbons (Fsp3) is 0.625. The van der Waals surface area contributed by atoms with Crippen LogP contribution in [0.1, 0.15) is 39.7 Å². The van der Waals surface area contributed by atoms with Crippen molar-refractivity contribution < 1.29 is 0 Å². The summed E-state index contributed by atoms with van der Waals surface area (Å²) in [6, 6.07) is 9.94. The van der Waals surface area contributed by atoms with E-state index in [-0.39, 0.29) is 0 Å². The Kier molecular flexibility index (Phi) is 4.28. The number of anilines is 1. The molecule has 0 saturated heterocycles. The summed E-state index contributed by atoms with van der Waals surface area (Å²) in [7, 11) is 0. The second-order valence-electron chi connectivity index (χ2n) is 5.75. The zero-order valence-electron chi connectivity index (χ0n) is 12.1. The van der Waals surface area contributed by atoms with E-state index in [9.17, 15) is 0 Å². The lowest BCUT2D eigenvalue weighted by Crippen LogP contribution is -2.44. The van der Waals surface area contributed by atoms with Crippen LogP contribution in [0.2, 0.25) is 0 Å². The van der Waals surface area contributed by atoms with Crippen LogP contribution in [0.5, 0.6) is 0 Å². The van der Waals surface area contributed by atoms with Crippen LogP contribution in [0.25, 0.3) is 0 Å². The molecule has 100 valence electrons. The van der Waals surface area contributed by atoms with Crippen LogP contribution < -0.4 is 10.2 Å². The van der Waals surface area contributed by atoms with Gasteiger partial charge in [0.15, 0.2) is 0 Å². The highest BCUT2D eigenvalue weighted by molar-refractivity contribution is 5.55. The van der Waals surface area contributed by atoms with Gasteiger partial charge in [-0.05, 0) is 31.4 Å². The summed E-state index contributed by atoms with van der Waals surface area (Å²) >= 11 is 0. The van der Waals surface area contributed by atoms with Crippen molar-refractivity contribution in [2.24, 2.45) is 5.92 Å². The van der Waals surface area contributed by atoms with Gasteiger partial charge in [0, 0.05) is 30.9 Å². The number of benzene rings is 1. The second-order valence-corrected chi connectivity index (χ2v) is 5.75. The summed E-state index contributed by atoms with van der Waals surface area (Å²) in [5.41, 5.74) is 2.84. The molecule has 18 heavy (non-hydrogen) atoms. The van der Waals surface area contributed by atoms with E-state index in [1.54, 1.807) is 0 Å². The highest BCUT2D eigenvalue weighted by Crippen LogP contribution is 2.27. The number of fused-ring (bicyclic) bond motifs is 1. The van der Waals surface area contributed by atoms with Crippen LogP contribution in [0.3, 0.4) is 0 Å². The maximum absolute atomic E-state index is 3.73. The molecule has 0 saturated carbocycles. The van der Waals surface area contributed by atoms with Crippen molar-refractivity contribution in [3.8, 4) is 0 Å². The Hall–Kier alpha value is -1.02. The van der Waals surface area contributed by atoms with E-state index in [4.69, 9.17) is 0 Å². The van der Waals surface area contributed by atoms with Gasteiger partial charge in [-0.2, -0.15) is 0 Å². The van der Waals surface area contributed by atoms with E-state index >= 15 is 0 Å². The Morgan fingerprint density at radius 1 is 1.28 bits per heavy atom. The maximum atomic E-state index is 3.73. The van der Waals surface area contributed by atoms with Crippen molar-refractivity contribution in [2.45, 2.75) is 52.7 Å². The molecule has 0 radical (unpaired) electrons. The summed E-state index contributed by atoms with van der Waals surface area (Å²) in [6.45, 7) is 11.3. The zero-order valence-corrected chi connectivity index (χ0v) is 12.1. The molecule has 2 atom stereocenters. The lowest BCUT2D eigenvalue weighted by Gasteiger charge is -2.33. The molecule has 0 fully saturated rings. The van der Waals surface area contributed by atoms with Crippen LogP contribution >= 0.6 is 0 Å². The predicted octanol–water partition coefficient (Wildman–Crippen LogP) is 3.42. The van der Waals surface area contributed by atoms with Crippen LogP contribution in [0, 0.1) is 5.92 Å². The van der Waals surface area contributed by atoms with E-state index in [0.29, 0.717) is 12.1 Å². The smallest absolute Gasteiger partial charge is 0.0414 e.